The van der Waals surface area contributed by atoms with Crippen LogP contribution < -0.4 is 4.74 Å². The molecule has 0 saturated heterocycles. The first kappa shape index (κ1) is 9.46. The van der Waals surface area contributed by atoms with E-state index in [2.05, 4.69) is 11.9 Å². The Morgan fingerprint density at radius 1 is 1.57 bits per heavy atom. The van der Waals surface area contributed by atoms with Crippen LogP contribution >= 0.6 is 0 Å². The Kier molecular flexibility index (Phi) is 2.19. The van der Waals surface area contributed by atoms with Crippen LogP contribution in [0.1, 0.15) is 25.3 Å². The standard InChI is InChI=1S/C11H15NO2/c1-8-6-11(13,7-8)9-3-4-12-10(5-9)14-2/h3-5,8,13H,6-7H2,1-2H3. The fourth-order valence-corrected chi connectivity index (χ4v) is 2.14. The zero-order valence-corrected chi connectivity index (χ0v) is 8.53. The maximum atomic E-state index is 10.2. The number of nitrogens with zero attached hydrogens (tertiary/aromatic N) is 1. The van der Waals surface area contributed by atoms with Gasteiger partial charge >= 0.3 is 0 Å². The third kappa shape index (κ3) is 1.48. The Morgan fingerprint density at radius 3 is 2.86 bits per heavy atom. The lowest BCUT2D eigenvalue weighted by atomic mass is 9.68. The Bertz CT molecular complexity index is 332. The number of aliphatic hydroxyl groups is 1. The van der Waals surface area contributed by atoms with E-state index >= 15 is 0 Å². The Morgan fingerprint density at radius 2 is 2.29 bits per heavy atom. The lowest BCUT2D eigenvalue weighted by Crippen LogP contribution is -2.39. The SMILES string of the molecule is COc1cc(C2(O)CC(C)C2)ccn1. The lowest BCUT2D eigenvalue weighted by Gasteiger charge is -2.42. The highest BCUT2D eigenvalue weighted by molar-refractivity contribution is 5.28. The molecule has 1 aliphatic carbocycles. The minimum atomic E-state index is -0.643. The van der Waals surface area contributed by atoms with Crippen molar-refractivity contribution in [2.45, 2.75) is 25.4 Å². The second kappa shape index (κ2) is 3.24. The van der Waals surface area contributed by atoms with Gasteiger partial charge in [0.15, 0.2) is 0 Å². The van der Waals surface area contributed by atoms with Gasteiger partial charge in [0.25, 0.3) is 0 Å². The van der Waals surface area contributed by atoms with Crippen LogP contribution in [0.15, 0.2) is 18.3 Å². The van der Waals surface area contributed by atoms with Crippen molar-refractivity contribution < 1.29 is 9.84 Å². The molecule has 2 rings (SSSR count). The molecule has 1 aromatic heterocycles. The van der Waals surface area contributed by atoms with Gasteiger partial charge in [0, 0.05) is 12.3 Å². The number of aromatic nitrogens is 1. The molecular weight excluding hydrogens is 178 g/mol. The molecular formula is C11H15NO2. The summed E-state index contributed by atoms with van der Waals surface area (Å²) in [5.74, 6) is 1.18. The summed E-state index contributed by atoms with van der Waals surface area (Å²) in [6.07, 6.45) is 3.34. The first-order chi connectivity index (χ1) is 6.64. The molecule has 0 atom stereocenters. The first-order valence-electron chi connectivity index (χ1n) is 4.87. The highest BCUT2D eigenvalue weighted by atomic mass is 16.5. The second-order valence-corrected chi connectivity index (χ2v) is 4.13. The molecule has 0 radical (unpaired) electrons. The van der Waals surface area contributed by atoms with Gasteiger partial charge < -0.3 is 9.84 Å². The molecule has 1 fully saturated rings. The van der Waals surface area contributed by atoms with Crippen molar-refractivity contribution in [2.75, 3.05) is 7.11 Å². The smallest absolute Gasteiger partial charge is 0.213 e. The summed E-state index contributed by atoms with van der Waals surface area (Å²) < 4.78 is 5.02. The molecule has 3 heteroatoms. The minimum absolute atomic E-state index is 0.565. The minimum Gasteiger partial charge on any atom is -0.481 e. The Hall–Kier alpha value is -1.09. The third-order valence-corrected chi connectivity index (χ3v) is 2.85. The molecule has 0 bridgehead atoms. The largest absolute Gasteiger partial charge is 0.481 e. The molecule has 1 aromatic rings. The molecule has 3 nitrogen and oxygen atoms in total. The molecule has 1 heterocycles. The van der Waals surface area contributed by atoms with Crippen LogP contribution in [0.4, 0.5) is 0 Å². The van der Waals surface area contributed by atoms with Gasteiger partial charge in [-0.25, -0.2) is 4.98 Å². The summed E-state index contributed by atoms with van der Waals surface area (Å²) in [4.78, 5) is 4.02. The zero-order chi connectivity index (χ0) is 10.2. The van der Waals surface area contributed by atoms with Crippen molar-refractivity contribution in [3.05, 3.63) is 23.9 Å². The van der Waals surface area contributed by atoms with Gasteiger partial charge in [0.05, 0.1) is 12.7 Å². The molecule has 1 N–H and O–H groups in total. The van der Waals surface area contributed by atoms with Crippen molar-refractivity contribution in [1.29, 1.82) is 0 Å². The van der Waals surface area contributed by atoms with Crippen molar-refractivity contribution in [3.8, 4) is 5.88 Å². The quantitative estimate of drug-likeness (QED) is 0.777. The summed E-state index contributed by atoms with van der Waals surface area (Å²) >= 11 is 0. The number of rotatable bonds is 2. The summed E-state index contributed by atoms with van der Waals surface area (Å²) in [7, 11) is 1.58. The van der Waals surface area contributed by atoms with Crippen LogP contribution in [0, 0.1) is 5.92 Å². The highest BCUT2D eigenvalue weighted by Gasteiger charge is 2.41. The van der Waals surface area contributed by atoms with Crippen LogP contribution in [-0.4, -0.2) is 17.2 Å². The van der Waals surface area contributed by atoms with Crippen molar-refractivity contribution >= 4 is 0 Å². The Balaban J connectivity index is 2.24. The predicted octanol–water partition coefficient (Wildman–Crippen LogP) is 1.71. The van der Waals surface area contributed by atoms with Crippen LogP contribution in [0.3, 0.4) is 0 Å². The van der Waals surface area contributed by atoms with E-state index in [1.165, 1.54) is 0 Å². The van der Waals surface area contributed by atoms with E-state index < -0.39 is 5.60 Å². The van der Waals surface area contributed by atoms with Crippen LogP contribution in [0.25, 0.3) is 0 Å². The second-order valence-electron chi connectivity index (χ2n) is 4.13. The van der Waals surface area contributed by atoms with Gasteiger partial charge in [-0.3, -0.25) is 0 Å². The summed E-state index contributed by atoms with van der Waals surface area (Å²) in [6.45, 7) is 2.15. The summed E-state index contributed by atoms with van der Waals surface area (Å²) in [5, 5.41) is 10.2. The number of hydrogen-bond donors (Lipinski definition) is 1. The van der Waals surface area contributed by atoms with Crippen LogP contribution in [0.2, 0.25) is 0 Å². The maximum absolute atomic E-state index is 10.2. The van der Waals surface area contributed by atoms with E-state index in [-0.39, 0.29) is 0 Å². The van der Waals surface area contributed by atoms with E-state index in [1.54, 1.807) is 13.3 Å². The molecule has 76 valence electrons. The number of pyridine rings is 1. The number of methoxy groups -OCH3 is 1. The van der Waals surface area contributed by atoms with Gasteiger partial charge in [-0.15, -0.1) is 0 Å². The lowest BCUT2D eigenvalue weighted by molar-refractivity contribution is -0.0740. The molecule has 14 heavy (non-hydrogen) atoms. The fourth-order valence-electron chi connectivity index (χ4n) is 2.14. The maximum Gasteiger partial charge on any atom is 0.213 e. The average Bonchev–Trinajstić information content (AvgIpc) is 2.16. The molecule has 0 aromatic carbocycles. The van der Waals surface area contributed by atoms with Crippen molar-refractivity contribution in [3.63, 3.8) is 0 Å². The number of ether oxygens (including phenoxy) is 1. The number of hydrogen-bond acceptors (Lipinski definition) is 3. The summed E-state index contributed by atoms with van der Waals surface area (Å²) in [5.41, 5.74) is 0.276. The molecule has 1 saturated carbocycles. The van der Waals surface area contributed by atoms with E-state index in [0.29, 0.717) is 11.8 Å². The van der Waals surface area contributed by atoms with Crippen molar-refractivity contribution in [2.24, 2.45) is 5.92 Å². The normalized spacial score (nSPS) is 30.9. The van der Waals surface area contributed by atoms with Gasteiger partial charge in [-0.2, -0.15) is 0 Å². The van der Waals surface area contributed by atoms with E-state index in [1.807, 2.05) is 12.1 Å². The summed E-state index contributed by atoms with van der Waals surface area (Å²) in [6, 6.07) is 3.67. The predicted molar refractivity (Wildman–Crippen MR) is 53.1 cm³/mol. The third-order valence-electron chi connectivity index (χ3n) is 2.85. The van der Waals surface area contributed by atoms with E-state index in [0.717, 1.165) is 18.4 Å². The van der Waals surface area contributed by atoms with Crippen LogP contribution in [0.5, 0.6) is 5.88 Å². The molecule has 0 unspecified atom stereocenters. The average molecular weight is 193 g/mol. The molecule has 0 spiro atoms. The van der Waals surface area contributed by atoms with Gasteiger partial charge in [0.2, 0.25) is 5.88 Å². The molecule has 0 amide bonds. The highest BCUT2D eigenvalue weighted by Crippen LogP contribution is 2.45. The fraction of sp³-hybridized carbons (Fsp3) is 0.545. The molecule has 0 aliphatic heterocycles. The van der Waals surface area contributed by atoms with Gasteiger partial charge in [-0.1, -0.05) is 6.92 Å². The monoisotopic (exact) mass is 193 g/mol. The van der Waals surface area contributed by atoms with E-state index in [9.17, 15) is 5.11 Å². The molecule has 1 aliphatic rings. The van der Waals surface area contributed by atoms with E-state index in [4.69, 9.17) is 4.74 Å². The Labute approximate surface area is 83.7 Å². The first-order valence-corrected chi connectivity index (χ1v) is 4.87. The van der Waals surface area contributed by atoms with Crippen molar-refractivity contribution in [1.82, 2.24) is 4.98 Å². The topological polar surface area (TPSA) is 42.4 Å². The van der Waals surface area contributed by atoms with Gasteiger partial charge in [-0.05, 0) is 30.4 Å². The van der Waals surface area contributed by atoms with Gasteiger partial charge in [0.1, 0.15) is 0 Å². The van der Waals surface area contributed by atoms with Crippen LogP contribution in [-0.2, 0) is 5.60 Å². The zero-order valence-electron chi connectivity index (χ0n) is 8.53.